The summed E-state index contributed by atoms with van der Waals surface area (Å²) in [5.74, 6) is 0.00998. The molecule has 22 heavy (non-hydrogen) atoms. The van der Waals surface area contributed by atoms with E-state index in [4.69, 9.17) is 39.8 Å². The van der Waals surface area contributed by atoms with E-state index in [1.165, 1.54) is 36.4 Å². The average molecular weight is 373 g/mol. The van der Waals surface area contributed by atoms with Crippen LogP contribution in [0.25, 0.3) is 11.0 Å². The zero-order valence-corrected chi connectivity index (χ0v) is 13.9. The summed E-state index contributed by atoms with van der Waals surface area (Å²) < 4.78 is 5.70. The molecule has 5 nitrogen and oxygen atoms in total. The number of rotatable bonds is 2. The van der Waals surface area contributed by atoms with Crippen LogP contribution < -0.4 is 5.43 Å². The van der Waals surface area contributed by atoms with Gasteiger partial charge in [0.25, 0.3) is 5.91 Å². The molecule has 1 aromatic carbocycles. The predicted molar refractivity (Wildman–Crippen MR) is 92.0 cm³/mol. The molecule has 0 bridgehead atoms. The van der Waals surface area contributed by atoms with E-state index in [1.54, 1.807) is 0 Å². The Balaban J connectivity index is 2.05. The van der Waals surface area contributed by atoms with E-state index in [9.17, 15) is 9.59 Å². The molecule has 1 aliphatic heterocycles. The number of hydrogen-bond donors (Lipinski definition) is 0. The van der Waals surface area contributed by atoms with E-state index in [-0.39, 0.29) is 38.6 Å². The van der Waals surface area contributed by atoms with Crippen molar-refractivity contribution in [3.8, 4) is 0 Å². The number of benzene rings is 1. The third-order valence-corrected chi connectivity index (χ3v) is 4.70. The quantitative estimate of drug-likeness (QED) is 0.597. The van der Waals surface area contributed by atoms with E-state index in [1.807, 2.05) is 0 Å². The fourth-order valence-corrected chi connectivity index (χ4v) is 3.35. The standard InChI is InChI=1S/C13H6Cl2N2O3S2/c14-7-1-8-11(19)6(4-20-12(8)9(15)2-7)3-16-17-10(18)5-22-13(17)21/h1-4H,5H2/b16-3-. The number of carbonyl (C=O) groups is 1. The first-order valence-electron chi connectivity index (χ1n) is 5.91. The second-order valence-corrected chi connectivity index (χ2v) is 6.74. The molecule has 1 saturated heterocycles. The third kappa shape index (κ3) is 2.77. The van der Waals surface area contributed by atoms with E-state index in [2.05, 4.69) is 5.10 Å². The van der Waals surface area contributed by atoms with E-state index < -0.39 is 0 Å². The van der Waals surface area contributed by atoms with Crippen molar-refractivity contribution in [2.45, 2.75) is 0 Å². The Morgan fingerprint density at radius 2 is 2.14 bits per heavy atom. The largest absolute Gasteiger partial charge is 0.462 e. The second kappa shape index (κ2) is 6.00. The van der Waals surface area contributed by atoms with E-state index in [0.717, 1.165) is 5.01 Å². The predicted octanol–water partition coefficient (Wildman–Crippen LogP) is 3.29. The van der Waals surface area contributed by atoms with Crippen molar-refractivity contribution in [2.24, 2.45) is 5.10 Å². The maximum atomic E-state index is 12.4. The molecule has 0 radical (unpaired) electrons. The van der Waals surface area contributed by atoms with Crippen molar-refractivity contribution >= 4 is 74.6 Å². The monoisotopic (exact) mass is 372 g/mol. The highest BCUT2D eigenvalue weighted by atomic mass is 35.5. The van der Waals surface area contributed by atoms with Gasteiger partial charge in [-0.2, -0.15) is 10.1 Å². The van der Waals surface area contributed by atoms with Gasteiger partial charge >= 0.3 is 0 Å². The van der Waals surface area contributed by atoms with Crippen LogP contribution in [0.2, 0.25) is 10.0 Å². The van der Waals surface area contributed by atoms with Crippen molar-refractivity contribution < 1.29 is 9.21 Å². The van der Waals surface area contributed by atoms with Gasteiger partial charge in [0.15, 0.2) is 9.90 Å². The summed E-state index contributed by atoms with van der Waals surface area (Å²) in [7, 11) is 0. The zero-order chi connectivity index (χ0) is 15.9. The lowest BCUT2D eigenvalue weighted by Crippen LogP contribution is -2.23. The van der Waals surface area contributed by atoms with E-state index >= 15 is 0 Å². The van der Waals surface area contributed by atoms with Crippen LogP contribution in [0.15, 0.2) is 32.7 Å². The van der Waals surface area contributed by atoms with Gasteiger partial charge in [-0.15, -0.1) is 0 Å². The zero-order valence-electron chi connectivity index (χ0n) is 10.7. The molecule has 2 aromatic rings. The van der Waals surface area contributed by atoms with Gasteiger partial charge in [0.2, 0.25) is 5.43 Å². The number of nitrogens with zero attached hydrogens (tertiary/aromatic N) is 2. The third-order valence-electron chi connectivity index (χ3n) is 2.86. The van der Waals surface area contributed by atoms with Crippen molar-refractivity contribution in [2.75, 3.05) is 5.75 Å². The fourth-order valence-electron chi connectivity index (χ4n) is 1.85. The Hall–Kier alpha value is -1.41. The van der Waals surface area contributed by atoms with Gasteiger partial charge in [0.05, 0.1) is 27.9 Å². The lowest BCUT2D eigenvalue weighted by molar-refractivity contribution is -0.123. The molecule has 1 amide bonds. The number of hydrazone groups is 1. The van der Waals surface area contributed by atoms with Crippen molar-refractivity contribution in [1.29, 1.82) is 0 Å². The fraction of sp³-hybridized carbons (Fsp3) is 0.0769. The Labute approximate surface area is 143 Å². The molecule has 1 fully saturated rings. The minimum atomic E-state index is -0.348. The first-order chi connectivity index (χ1) is 10.5. The number of carbonyl (C=O) groups excluding carboxylic acids is 1. The lowest BCUT2D eigenvalue weighted by Gasteiger charge is -2.06. The number of halogens is 2. The van der Waals surface area contributed by atoms with Gasteiger partial charge in [-0.05, 0) is 12.1 Å². The molecule has 1 aliphatic rings. The number of amides is 1. The SMILES string of the molecule is O=C1CSC(=S)N1/N=C\c1coc2c(Cl)cc(Cl)cc2c1=O. The molecule has 1 aromatic heterocycles. The number of fused-ring (bicyclic) bond motifs is 1. The van der Waals surface area contributed by atoms with Gasteiger partial charge in [-0.3, -0.25) is 9.59 Å². The molecule has 0 N–H and O–H groups in total. The lowest BCUT2D eigenvalue weighted by atomic mass is 10.2. The minimum Gasteiger partial charge on any atom is -0.462 e. The Bertz CT molecular complexity index is 879. The smallest absolute Gasteiger partial charge is 0.259 e. The first-order valence-corrected chi connectivity index (χ1v) is 8.06. The van der Waals surface area contributed by atoms with Gasteiger partial charge in [0.1, 0.15) is 6.26 Å². The number of thioether (sulfide) groups is 1. The summed E-state index contributed by atoms with van der Waals surface area (Å²) in [6.07, 6.45) is 2.46. The van der Waals surface area contributed by atoms with Crippen LogP contribution in [0.1, 0.15) is 5.56 Å². The molecular weight excluding hydrogens is 367 g/mol. The molecule has 0 atom stereocenters. The number of thiocarbonyl (C=S) groups is 1. The molecule has 0 unspecified atom stereocenters. The molecule has 0 saturated carbocycles. The normalized spacial score (nSPS) is 15.5. The molecule has 0 spiro atoms. The summed E-state index contributed by atoms with van der Waals surface area (Å²) in [5.41, 5.74) is 0.0643. The topological polar surface area (TPSA) is 62.9 Å². The summed E-state index contributed by atoms with van der Waals surface area (Å²) in [6, 6.07) is 2.95. The highest BCUT2D eigenvalue weighted by molar-refractivity contribution is 8.23. The summed E-state index contributed by atoms with van der Waals surface area (Å²) >= 11 is 18.1. The highest BCUT2D eigenvalue weighted by Crippen LogP contribution is 2.26. The van der Waals surface area contributed by atoms with Gasteiger partial charge in [-0.25, -0.2) is 0 Å². The van der Waals surface area contributed by atoms with Crippen LogP contribution in [-0.4, -0.2) is 27.2 Å². The van der Waals surface area contributed by atoms with Crippen LogP contribution in [0.3, 0.4) is 0 Å². The van der Waals surface area contributed by atoms with Gasteiger partial charge in [-0.1, -0.05) is 47.2 Å². The van der Waals surface area contributed by atoms with Crippen molar-refractivity contribution in [1.82, 2.24) is 5.01 Å². The maximum Gasteiger partial charge on any atom is 0.259 e. The minimum absolute atomic E-state index is 0.165. The summed E-state index contributed by atoms with van der Waals surface area (Å²) in [5, 5.41) is 5.83. The van der Waals surface area contributed by atoms with Crippen LogP contribution >= 0.6 is 47.2 Å². The second-order valence-electron chi connectivity index (χ2n) is 4.29. The Morgan fingerprint density at radius 3 is 2.82 bits per heavy atom. The molecule has 2 heterocycles. The Morgan fingerprint density at radius 1 is 1.36 bits per heavy atom. The Kier molecular flexibility index (Phi) is 4.22. The molecular formula is C13H6Cl2N2O3S2. The summed E-state index contributed by atoms with van der Waals surface area (Å²) in [4.78, 5) is 24.0. The first kappa shape index (κ1) is 15.5. The molecule has 3 rings (SSSR count). The van der Waals surface area contributed by atoms with E-state index in [0.29, 0.717) is 9.34 Å². The molecule has 112 valence electrons. The molecule has 0 aliphatic carbocycles. The number of hydrogen-bond acceptors (Lipinski definition) is 6. The van der Waals surface area contributed by atoms with Crippen molar-refractivity contribution in [3.63, 3.8) is 0 Å². The van der Waals surface area contributed by atoms with Crippen molar-refractivity contribution in [3.05, 3.63) is 44.2 Å². The maximum absolute atomic E-state index is 12.4. The van der Waals surface area contributed by atoms with Gasteiger partial charge in [0, 0.05) is 5.02 Å². The molecule has 9 heteroatoms. The average Bonchev–Trinajstić information content (AvgIpc) is 2.78. The summed E-state index contributed by atoms with van der Waals surface area (Å²) in [6.45, 7) is 0. The highest BCUT2D eigenvalue weighted by Gasteiger charge is 2.26. The van der Waals surface area contributed by atoms with Crippen LogP contribution in [-0.2, 0) is 4.79 Å². The van der Waals surface area contributed by atoms with Crippen LogP contribution in [0, 0.1) is 0 Å². The van der Waals surface area contributed by atoms with Crippen LogP contribution in [0.4, 0.5) is 0 Å². The van der Waals surface area contributed by atoms with Gasteiger partial charge < -0.3 is 4.42 Å². The van der Waals surface area contributed by atoms with Crippen LogP contribution in [0.5, 0.6) is 0 Å².